The van der Waals surface area contributed by atoms with Gasteiger partial charge in [-0.25, -0.2) is 0 Å². The molecule has 1 fully saturated rings. The van der Waals surface area contributed by atoms with Crippen molar-refractivity contribution in [3.63, 3.8) is 0 Å². The normalized spacial score (nSPS) is 19.4. The van der Waals surface area contributed by atoms with Gasteiger partial charge in [0.25, 0.3) is 0 Å². The fraction of sp³-hybridized carbons (Fsp3) is 0.500. The minimum atomic E-state index is 0.0391. The predicted octanol–water partition coefficient (Wildman–Crippen LogP) is 5.46. The Morgan fingerprint density at radius 3 is 2.40 bits per heavy atom. The Morgan fingerprint density at radius 1 is 1.13 bits per heavy atom. The van der Waals surface area contributed by atoms with Crippen molar-refractivity contribution in [3.05, 3.63) is 33.8 Å². The van der Waals surface area contributed by atoms with E-state index < -0.39 is 0 Å². The molecule has 1 aliphatic carbocycles. The average molecular weight is 264 g/mol. The lowest BCUT2D eigenvalue weighted by atomic mass is 9.97. The molecule has 0 spiro atoms. The van der Waals surface area contributed by atoms with Gasteiger partial charge in [0.2, 0.25) is 0 Å². The molecule has 2 rings (SSSR count). The van der Waals surface area contributed by atoms with Crippen molar-refractivity contribution in [3.8, 4) is 0 Å². The van der Waals surface area contributed by atoms with Gasteiger partial charge in [-0.2, -0.15) is 0 Å². The van der Waals surface area contributed by atoms with Crippen LogP contribution in [0.3, 0.4) is 0 Å². The van der Waals surface area contributed by atoms with Crippen molar-refractivity contribution in [2.45, 2.75) is 31.1 Å². The van der Waals surface area contributed by atoms with Crippen LogP contribution in [0.1, 0.15) is 36.6 Å². The highest BCUT2D eigenvalue weighted by molar-refractivity contribution is 6.35. The fourth-order valence-corrected chi connectivity index (χ4v) is 3.25. The Kier molecular flexibility index (Phi) is 3.82. The van der Waals surface area contributed by atoms with Crippen LogP contribution in [0.25, 0.3) is 0 Å². The summed E-state index contributed by atoms with van der Waals surface area (Å²) < 4.78 is 0. The molecule has 0 aliphatic heterocycles. The van der Waals surface area contributed by atoms with Crippen LogP contribution in [0.2, 0.25) is 10.0 Å². The molecular formula is C12H13Cl3. The van der Waals surface area contributed by atoms with E-state index in [1.165, 1.54) is 25.7 Å². The first-order valence-electron chi connectivity index (χ1n) is 5.27. The third-order valence-electron chi connectivity index (χ3n) is 3.07. The lowest BCUT2D eigenvalue weighted by Crippen LogP contribution is -2.03. The molecule has 0 bridgehead atoms. The highest BCUT2D eigenvalue weighted by Crippen LogP contribution is 2.42. The molecule has 1 saturated carbocycles. The molecule has 15 heavy (non-hydrogen) atoms. The maximum Gasteiger partial charge on any atom is 0.0628 e. The Morgan fingerprint density at radius 2 is 1.80 bits per heavy atom. The first-order chi connectivity index (χ1) is 7.18. The van der Waals surface area contributed by atoms with E-state index in [0.717, 1.165) is 5.56 Å². The molecular weight excluding hydrogens is 250 g/mol. The second-order valence-electron chi connectivity index (χ2n) is 4.11. The molecule has 1 aliphatic rings. The molecule has 1 aromatic rings. The smallest absolute Gasteiger partial charge is 0.0628 e. The molecule has 1 atom stereocenters. The Labute approximate surface area is 106 Å². The molecule has 0 N–H and O–H groups in total. The van der Waals surface area contributed by atoms with Crippen LogP contribution in [-0.4, -0.2) is 0 Å². The summed E-state index contributed by atoms with van der Waals surface area (Å²) in [5, 5.41) is 1.39. The molecule has 0 heterocycles. The summed E-state index contributed by atoms with van der Waals surface area (Å²) in [4.78, 5) is 0. The topological polar surface area (TPSA) is 0 Å². The monoisotopic (exact) mass is 262 g/mol. The third-order valence-corrected chi connectivity index (χ3v) is 4.23. The van der Waals surface area contributed by atoms with Crippen molar-refractivity contribution in [2.24, 2.45) is 5.92 Å². The highest BCUT2D eigenvalue weighted by atomic mass is 35.5. The molecule has 0 nitrogen and oxygen atoms in total. The predicted molar refractivity (Wildman–Crippen MR) is 67.0 cm³/mol. The van der Waals surface area contributed by atoms with Crippen LogP contribution in [-0.2, 0) is 0 Å². The lowest BCUT2D eigenvalue weighted by Gasteiger charge is -2.18. The van der Waals surface area contributed by atoms with E-state index in [1.54, 1.807) is 6.07 Å². The van der Waals surface area contributed by atoms with Gasteiger partial charge in [0.15, 0.2) is 0 Å². The van der Waals surface area contributed by atoms with Gasteiger partial charge < -0.3 is 0 Å². The van der Waals surface area contributed by atoms with E-state index in [9.17, 15) is 0 Å². The van der Waals surface area contributed by atoms with Gasteiger partial charge in [-0.05, 0) is 36.5 Å². The van der Waals surface area contributed by atoms with E-state index in [1.807, 2.05) is 12.1 Å². The van der Waals surface area contributed by atoms with Crippen LogP contribution < -0.4 is 0 Å². The lowest BCUT2D eigenvalue weighted by molar-refractivity contribution is 0.529. The van der Waals surface area contributed by atoms with Crippen molar-refractivity contribution in [2.75, 3.05) is 0 Å². The first kappa shape index (κ1) is 11.6. The van der Waals surface area contributed by atoms with E-state index in [-0.39, 0.29) is 5.38 Å². The van der Waals surface area contributed by atoms with E-state index in [4.69, 9.17) is 34.8 Å². The summed E-state index contributed by atoms with van der Waals surface area (Å²) in [6.45, 7) is 0. The van der Waals surface area contributed by atoms with Crippen LogP contribution >= 0.6 is 34.8 Å². The molecule has 0 aromatic heterocycles. The summed E-state index contributed by atoms with van der Waals surface area (Å²) in [5.41, 5.74) is 1.02. The fourth-order valence-electron chi connectivity index (χ4n) is 2.23. The second-order valence-corrected chi connectivity index (χ2v) is 5.43. The molecule has 1 unspecified atom stereocenters. The maximum absolute atomic E-state index is 6.44. The van der Waals surface area contributed by atoms with Crippen LogP contribution in [0, 0.1) is 5.92 Å². The van der Waals surface area contributed by atoms with Gasteiger partial charge in [-0.15, -0.1) is 11.6 Å². The Balaban J connectivity index is 2.20. The van der Waals surface area contributed by atoms with E-state index >= 15 is 0 Å². The van der Waals surface area contributed by atoms with Gasteiger partial charge in [-0.1, -0.05) is 42.1 Å². The number of benzene rings is 1. The van der Waals surface area contributed by atoms with Crippen LogP contribution in [0.15, 0.2) is 18.2 Å². The summed E-state index contributed by atoms with van der Waals surface area (Å²) in [6.07, 6.45) is 5.01. The average Bonchev–Trinajstić information content (AvgIpc) is 2.69. The van der Waals surface area contributed by atoms with Crippen molar-refractivity contribution in [1.82, 2.24) is 0 Å². The number of halogens is 3. The van der Waals surface area contributed by atoms with Crippen LogP contribution in [0.5, 0.6) is 0 Å². The SMILES string of the molecule is Clc1ccc(C(Cl)C2CCCC2)c(Cl)c1. The Hall–Kier alpha value is 0.0900. The van der Waals surface area contributed by atoms with Crippen molar-refractivity contribution >= 4 is 34.8 Å². The third kappa shape index (κ3) is 2.61. The molecule has 3 heteroatoms. The molecule has 82 valence electrons. The molecule has 0 radical (unpaired) electrons. The quantitative estimate of drug-likeness (QED) is 0.621. The summed E-state index contributed by atoms with van der Waals surface area (Å²) in [5.74, 6) is 0.574. The number of hydrogen-bond donors (Lipinski definition) is 0. The van der Waals surface area contributed by atoms with Crippen molar-refractivity contribution < 1.29 is 0 Å². The number of alkyl halides is 1. The van der Waals surface area contributed by atoms with Crippen LogP contribution in [0.4, 0.5) is 0 Å². The maximum atomic E-state index is 6.44. The summed E-state index contributed by atoms with van der Waals surface area (Å²) in [6, 6.07) is 5.57. The molecule has 1 aromatic carbocycles. The van der Waals surface area contributed by atoms with Crippen molar-refractivity contribution in [1.29, 1.82) is 0 Å². The zero-order chi connectivity index (χ0) is 10.8. The van der Waals surface area contributed by atoms with E-state index in [2.05, 4.69) is 0 Å². The van der Waals surface area contributed by atoms with Gasteiger partial charge in [0, 0.05) is 10.0 Å². The first-order valence-corrected chi connectivity index (χ1v) is 6.47. The Bertz CT molecular complexity index is 343. The summed E-state index contributed by atoms with van der Waals surface area (Å²) >= 11 is 18.4. The standard InChI is InChI=1S/C12H13Cl3/c13-9-5-6-10(11(14)7-9)12(15)8-3-1-2-4-8/h5-8,12H,1-4H2. The minimum Gasteiger partial charge on any atom is -0.117 e. The largest absolute Gasteiger partial charge is 0.117 e. The highest BCUT2D eigenvalue weighted by Gasteiger charge is 2.25. The zero-order valence-corrected chi connectivity index (χ0v) is 10.6. The van der Waals surface area contributed by atoms with Gasteiger partial charge in [0.1, 0.15) is 0 Å². The van der Waals surface area contributed by atoms with E-state index in [0.29, 0.717) is 16.0 Å². The zero-order valence-electron chi connectivity index (χ0n) is 8.35. The minimum absolute atomic E-state index is 0.0391. The summed E-state index contributed by atoms with van der Waals surface area (Å²) in [7, 11) is 0. The van der Waals surface area contributed by atoms with Gasteiger partial charge >= 0.3 is 0 Å². The number of hydrogen-bond acceptors (Lipinski definition) is 0. The van der Waals surface area contributed by atoms with Gasteiger partial charge in [0.05, 0.1) is 5.38 Å². The molecule has 0 saturated heterocycles. The molecule has 0 amide bonds. The van der Waals surface area contributed by atoms with Gasteiger partial charge in [-0.3, -0.25) is 0 Å². The number of rotatable bonds is 2. The second kappa shape index (κ2) is 4.95.